The van der Waals surface area contributed by atoms with Gasteiger partial charge in [-0.05, 0) is 60.9 Å². The maximum atomic E-state index is 12.4. The van der Waals surface area contributed by atoms with E-state index in [1.807, 2.05) is 0 Å². The Bertz CT molecular complexity index is 1290. The van der Waals surface area contributed by atoms with Gasteiger partial charge in [0, 0.05) is 28.8 Å². The van der Waals surface area contributed by atoms with Gasteiger partial charge in [-0.15, -0.1) is 0 Å². The third-order valence-corrected chi connectivity index (χ3v) is 6.00. The molecule has 3 aromatic rings. The summed E-state index contributed by atoms with van der Waals surface area (Å²) in [6.07, 6.45) is 0.834. The molecular weight excluding hydrogens is 598 g/mol. The van der Waals surface area contributed by atoms with Crippen LogP contribution >= 0.6 is 57.6 Å². The Morgan fingerprint density at radius 1 is 1.05 bits per heavy atom. The van der Waals surface area contributed by atoms with Crippen LogP contribution in [0.2, 0.25) is 10.0 Å². The second kappa shape index (κ2) is 14.1. The molecule has 1 aliphatic heterocycles. The fraction of sp³-hybridized carbons (Fsp3) is 0.200. The number of carboxylic acids is 1. The summed E-state index contributed by atoms with van der Waals surface area (Å²) in [7, 11) is 0. The SMILES string of the molecule is ClB(Cl)Cl.O=C(NCCc1ccc(Cl)cc1O)c1ccc(Oc2cc3c(cc2Cl)C(C(=O)O)CCO3)cc1. The third kappa shape index (κ3) is 8.51. The molecule has 7 nitrogen and oxygen atoms in total. The second-order valence-corrected chi connectivity index (χ2v) is 10.8. The smallest absolute Gasteiger partial charge is 0.450 e. The fourth-order valence-electron chi connectivity index (χ4n) is 3.69. The first kappa shape index (κ1) is 30.1. The molecule has 1 unspecified atom stereocenters. The van der Waals surface area contributed by atoms with Gasteiger partial charge in [0.25, 0.3) is 5.91 Å². The number of benzene rings is 3. The van der Waals surface area contributed by atoms with Gasteiger partial charge in [0.15, 0.2) is 0 Å². The summed E-state index contributed by atoms with van der Waals surface area (Å²) in [5.41, 5.74) is 1.65. The van der Waals surface area contributed by atoms with Crippen molar-refractivity contribution in [3.63, 3.8) is 0 Å². The van der Waals surface area contributed by atoms with Crippen molar-refractivity contribution < 1.29 is 29.3 Å². The summed E-state index contributed by atoms with van der Waals surface area (Å²) in [4.78, 5) is 23.2. The van der Waals surface area contributed by atoms with Gasteiger partial charge in [-0.3, -0.25) is 9.59 Å². The molecule has 0 radical (unpaired) electrons. The molecule has 13 heteroatoms. The Kier molecular flexibility index (Phi) is 11.1. The van der Waals surface area contributed by atoms with Crippen molar-refractivity contribution in [1.29, 1.82) is 0 Å². The van der Waals surface area contributed by atoms with Gasteiger partial charge in [0.05, 0.1) is 17.5 Å². The van der Waals surface area contributed by atoms with Crippen LogP contribution in [0.5, 0.6) is 23.0 Å². The minimum absolute atomic E-state index is 0.0907. The van der Waals surface area contributed by atoms with E-state index in [9.17, 15) is 19.8 Å². The molecule has 200 valence electrons. The highest BCUT2D eigenvalue weighted by atomic mass is 35.6. The molecule has 38 heavy (non-hydrogen) atoms. The van der Waals surface area contributed by atoms with Crippen molar-refractivity contribution >= 4 is 74.4 Å². The number of amides is 1. The first-order valence-electron chi connectivity index (χ1n) is 11.2. The van der Waals surface area contributed by atoms with Gasteiger partial charge in [-0.2, -0.15) is 34.4 Å². The van der Waals surface area contributed by atoms with Gasteiger partial charge in [-0.25, -0.2) is 0 Å². The number of aromatic hydroxyl groups is 1. The van der Waals surface area contributed by atoms with Gasteiger partial charge < -0.3 is 25.0 Å². The third-order valence-electron chi connectivity index (χ3n) is 5.47. The monoisotopic (exact) mass is 617 g/mol. The van der Waals surface area contributed by atoms with Crippen LogP contribution in [-0.2, 0) is 11.2 Å². The lowest BCUT2D eigenvalue weighted by Crippen LogP contribution is -2.25. The van der Waals surface area contributed by atoms with Gasteiger partial charge in [0.2, 0.25) is 0 Å². The maximum absolute atomic E-state index is 12.4. The molecule has 0 aromatic heterocycles. The number of halogens is 5. The van der Waals surface area contributed by atoms with E-state index in [4.69, 9.17) is 67.1 Å². The van der Waals surface area contributed by atoms with Crippen molar-refractivity contribution in [2.24, 2.45) is 0 Å². The average molecular weight is 620 g/mol. The summed E-state index contributed by atoms with van der Waals surface area (Å²) in [6, 6.07) is 14.5. The molecule has 0 spiro atoms. The van der Waals surface area contributed by atoms with E-state index in [1.165, 1.54) is 6.07 Å². The second-order valence-electron chi connectivity index (χ2n) is 8.00. The van der Waals surface area contributed by atoms with Crippen molar-refractivity contribution in [3.8, 4) is 23.0 Å². The number of phenolic OH excluding ortho intramolecular Hbond substituents is 1. The summed E-state index contributed by atoms with van der Waals surface area (Å²) in [5.74, 6) is -0.556. The molecule has 0 bridgehead atoms. The number of aliphatic carboxylic acids is 1. The zero-order chi connectivity index (χ0) is 27.8. The van der Waals surface area contributed by atoms with E-state index in [0.717, 1.165) is 0 Å². The molecule has 1 amide bonds. The molecule has 4 rings (SSSR count). The predicted octanol–water partition coefficient (Wildman–Crippen LogP) is 7.10. The molecule has 1 aliphatic rings. The number of nitrogens with one attached hydrogen (secondary N) is 1. The van der Waals surface area contributed by atoms with E-state index in [0.29, 0.717) is 65.0 Å². The van der Waals surface area contributed by atoms with Crippen molar-refractivity contribution in [2.75, 3.05) is 13.2 Å². The van der Waals surface area contributed by atoms with Crippen LogP contribution in [0.15, 0.2) is 54.6 Å². The standard InChI is InChI=1S/C25H21Cl2NO6.BCl3/c26-16-4-1-14(21(29)11-16)7-9-28-24(30)15-2-5-17(6-3-15)34-23-13-22-19(12-20(23)27)18(25(31)32)8-10-33-22;2-1(3)4/h1-6,11-13,18,29H,7-10H2,(H,28,30)(H,31,32);. The highest BCUT2D eigenvalue weighted by Crippen LogP contribution is 2.41. The van der Waals surface area contributed by atoms with Crippen LogP contribution in [0, 0.1) is 0 Å². The molecule has 3 N–H and O–H groups in total. The number of carbonyl (C=O) groups is 2. The molecule has 0 aliphatic carbocycles. The number of ether oxygens (including phenoxy) is 2. The minimum Gasteiger partial charge on any atom is -0.508 e. The normalized spacial score (nSPS) is 13.8. The molecule has 0 fully saturated rings. The first-order chi connectivity index (χ1) is 18.0. The number of phenols is 1. The first-order valence-corrected chi connectivity index (χ1v) is 13.3. The number of hydrogen-bond acceptors (Lipinski definition) is 5. The Labute approximate surface area is 244 Å². The van der Waals surface area contributed by atoms with E-state index in [2.05, 4.69) is 5.32 Å². The van der Waals surface area contributed by atoms with Crippen LogP contribution in [0.3, 0.4) is 0 Å². The van der Waals surface area contributed by atoms with Crippen LogP contribution in [0.25, 0.3) is 0 Å². The summed E-state index contributed by atoms with van der Waals surface area (Å²) in [5, 5.41) is 22.8. The van der Waals surface area contributed by atoms with Crippen LogP contribution in [0.1, 0.15) is 33.8 Å². The number of carbonyl (C=O) groups excluding carboxylic acids is 1. The van der Waals surface area contributed by atoms with E-state index in [1.54, 1.807) is 48.5 Å². The molecule has 1 heterocycles. The quantitative estimate of drug-likeness (QED) is 0.244. The minimum atomic E-state index is -0.923. The lowest BCUT2D eigenvalue weighted by Gasteiger charge is -2.24. The van der Waals surface area contributed by atoms with Crippen molar-refractivity contribution in [3.05, 3.63) is 81.3 Å². The zero-order valence-electron chi connectivity index (χ0n) is 19.6. The average Bonchev–Trinajstić information content (AvgIpc) is 2.85. The van der Waals surface area contributed by atoms with Gasteiger partial charge in [0.1, 0.15) is 23.0 Å². The van der Waals surface area contributed by atoms with Crippen molar-refractivity contribution in [2.45, 2.75) is 18.8 Å². The van der Waals surface area contributed by atoms with Crippen LogP contribution < -0.4 is 14.8 Å². The summed E-state index contributed by atoms with van der Waals surface area (Å²) in [6.45, 7) is 0.640. The lowest BCUT2D eigenvalue weighted by molar-refractivity contribution is -0.139. The van der Waals surface area contributed by atoms with E-state index >= 15 is 0 Å². The molecular formula is C25H21BCl5NO6. The van der Waals surface area contributed by atoms with Gasteiger partial charge in [-0.1, -0.05) is 29.3 Å². The number of fused-ring (bicyclic) bond motifs is 1. The van der Waals surface area contributed by atoms with Crippen LogP contribution in [-0.4, -0.2) is 40.2 Å². The van der Waals surface area contributed by atoms with Gasteiger partial charge >= 0.3 is 10.9 Å². The topological polar surface area (TPSA) is 105 Å². The molecule has 1 atom stereocenters. The number of rotatable bonds is 7. The Morgan fingerprint density at radius 3 is 2.37 bits per heavy atom. The van der Waals surface area contributed by atoms with Crippen molar-refractivity contribution in [1.82, 2.24) is 5.32 Å². The van der Waals surface area contributed by atoms with Crippen LogP contribution in [0.4, 0.5) is 0 Å². The number of carboxylic acid groups (broad SMARTS) is 1. The zero-order valence-corrected chi connectivity index (χ0v) is 23.4. The summed E-state index contributed by atoms with van der Waals surface area (Å²) >= 11 is 26.6. The lowest BCUT2D eigenvalue weighted by atomic mass is 9.93. The predicted molar refractivity (Wildman–Crippen MR) is 151 cm³/mol. The molecule has 0 saturated carbocycles. The Hall–Kier alpha value is -2.49. The fourth-order valence-corrected chi connectivity index (χ4v) is 4.06. The maximum Gasteiger partial charge on any atom is 0.450 e. The summed E-state index contributed by atoms with van der Waals surface area (Å²) < 4.78 is 11.4. The van der Waals surface area contributed by atoms with E-state index in [-0.39, 0.29) is 16.7 Å². The molecule has 3 aromatic carbocycles. The van der Waals surface area contributed by atoms with E-state index < -0.39 is 16.8 Å². The largest absolute Gasteiger partial charge is 0.508 e. The highest BCUT2D eigenvalue weighted by Gasteiger charge is 2.29. The Balaban J connectivity index is 0.000000934. The Morgan fingerprint density at radius 2 is 1.74 bits per heavy atom. The number of hydrogen-bond donors (Lipinski definition) is 3. The molecule has 0 saturated heterocycles. The highest BCUT2D eigenvalue weighted by molar-refractivity contribution is 7.54.